The first-order valence-corrected chi connectivity index (χ1v) is 6.99. The maximum Gasteiger partial charge on any atom is 0.330 e. The number of carbonyl (C=O) groups excluding carboxylic acids is 2. The predicted octanol–water partition coefficient (Wildman–Crippen LogP) is 2.61. The van der Waals surface area contributed by atoms with Gasteiger partial charge in [-0.15, -0.1) is 0 Å². The molecular formula is C14H15IO5. The molecule has 0 bridgehead atoms. The lowest BCUT2D eigenvalue weighted by molar-refractivity contribution is -0.137. The molecular weight excluding hydrogens is 375 g/mol. The smallest absolute Gasteiger partial charge is 0.330 e. The van der Waals surface area contributed by atoms with Gasteiger partial charge in [-0.05, 0) is 47.7 Å². The number of halogens is 1. The maximum absolute atomic E-state index is 11.1. The molecule has 0 unspecified atom stereocenters. The Morgan fingerprint density at radius 3 is 2.75 bits per heavy atom. The van der Waals surface area contributed by atoms with Gasteiger partial charge < -0.3 is 14.2 Å². The normalized spacial score (nSPS) is 10.3. The number of aldehydes is 1. The third kappa shape index (κ3) is 4.52. The van der Waals surface area contributed by atoms with E-state index in [1.807, 2.05) is 22.6 Å². The highest BCUT2D eigenvalue weighted by Gasteiger charge is 2.12. The van der Waals surface area contributed by atoms with Crippen molar-refractivity contribution >= 4 is 34.8 Å². The van der Waals surface area contributed by atoms with Gasteiger partial charge in [-0.1, -0.05) is 0 Å². The van der Waals surface area contributed by atoms with Crippen LogP contribution in [0.25, 0.3) is 0 Å². The molecule has 0 N–H and O–H groups in total. The van der Waals surface area contributed by atoms with Crippen molar-refractivity contribution in [2.24, 2.45) is 0 Å². The average molecular weight is 390 g/mol. The minimum Gasteiger partial charge on any atom is -0.493 e. The molecule has 0 fully saturated rings. The van der Waals surface area contributed by atoms with E-state index in [0.717, 1.165) is 6.29 Å². The van der Waals surface area contributed by atoms with Gasteiger partial charge >= 0.3 is 5.97 Å². The number of methoxy groups -OCH3 is 1. The first-order chi connectivity index (χ1) is 9.63. The Labute approximate surface area is 131 Å². The summed E-state index contributed by atoms with van der Waals surface area (Å²) in [5, 5.41) is 0. The van der Waals surface area contributed by atoms with Gasteiger partial charge in [0, 0.05) is 11.6 Å². The van der Waals surface area contributed by atoms with Gasteiger partial charge in [0.05, 0.1) is 17.3 Å². The lowest BCUT2D eigenvalue weighted by atomic mass is 10.2. The molecule has 0 spiro atoms. The fourth-order valence-electron chi connectivity index (χ4n) is 1.41. The highest BCUT2D eigenvalue weighted by Crippen LogP contribution is 2.34. The van der Waals surface area contributed by atoms with E-state index in [1.165, 1.54) is 13.2 Å². The molecule has 20 heavy (non-hydrogen) atoms. The summed E-state index contributed by atoms with van der Waals surface area (Å²) in [7, 11) is 1.52. The van der Waals surface area contributed by atoms with E-state index in [2.05, 4.69) is 0 Å². The molecule has 6 heteroatoms. The van der Waals surface area contributed by atoms with E-state index in [9.17, 15) is 9.59 Å². The summed E-state index contributed by atoms with van der Waals surface area (Å²) in [6.07, 6.45) is 3.59. The van der Waals surface area contributed by atoms with E-state index < -0.39 is 5.97 Å². The summed E-state index contributed by atoms with van der Waals surface area (Å²) in [5.41, 5.74) is 0.524. The lowest BCUT2D eigenvalue weighted by Gasteiger charge is -2.12. The van der Waals surface area contributed by atoms with Crippen LogP contribution in [-0.4, -0.2) is 32.6 Å². The number of hydrogen-bond donors (Lipinski definition) is 0. The fourth-order valence-corrected chi connectivity index (χ4v) is 2.13. The zero-order valence-electron chi connectivity index (χ0n) is 11.2. The first kappa shape index (κ1) is 16.5. The monoisotopic (exact) mass is 390 g/mol. The van der Waals surface area contributed by atoms with Crippen LogP contribution in [-0.2, 0) is 9.53 Å². The molecule has 0 atom stereocenters. The Morgan fingerprint density at radius 1 is 1.40 bits per heavy atom. The molecule has 0 aliphatic heterocycles. The van der Waals surface area contributed by atoms with Crippen LogP contribution in [0.1, 0.15) is 17.3 Å². The van der Waals surface area contributed by atoms with Crippen molar-refractivity contribution in [3.63, 3.8) is 0 Å². The van der Waals surface area contributed by atoms with Crippen molar-refractivity contribution in [2.45, 2.75) is 6.92 Å². The second-order valence-corrected chi connectivity index (χ2v) is 4.66. The third-order valence-electron chi connectivity index (χ3n) is 2.30. The Morgan fingerprint density at radius 2 is 2.15 bits per heavy atom. The van der Waals surface area contributed by atoms with Crippen molar-refractivity contribution in [2.75, 3.05) is 20.3 Å². The van der Waals surface area contributed by atoms with Crippen LogP contribution >= 0.6 is 22.6 Å². The largest absolute Gasteiger partial charge is 0.493 e. The topological polar surface area (TPSA) is 61.8 Å². The summed E-state index contributed by atoms with van der Waals surface area (Å²) in [6.45, 7) is 2.24. The first-order valence-electron chi connectivity index (χ1n) is 5.91. The summed E-state index contributed by atoms with van der Waals surface area (Å²) in [4.78, 5) is 22.0. The number of esters is 1. The van der Waals surface area contributed by atoms with Crippen LogP contribution in [0.3, 0.4) is 0 Å². The summed E-state index contributed by atoms with van der Waals surface area (Å²) in [5.74, 6) is 0.593. The Bertz CT molecular complexity index is 511. The minimum atomic E-state index is -0.417. The molecule has 1 aromatic carbocycles. The van der Waals surface area contributed by atoms with E-state index in [-0.39, 0.29) is 6.61 Å². The molecule has 108 valence electrons. The summed E-state index contributed by atoms with van der Waals surface area (Å²) in [6, 6.07) is 3.32. The molecule has 0 saturated carbocycles. The van der Waals surface area contributed by atoms with E-state index in [4.69, 9.17) is 14.2 Å². The molecule has 0 heterocycles. The summed E-state index contributed by atoms with van der Waals surface area (Å²) >= 11 is 2.02. The lowest BCUT2D eigenvalue weighted by Crippen LogP contribution is -2.03. The Kier molecular flexibility index (Phi) is 7.06. The van der Waals surface area contributed by atoms with Gasteiger partial charge in [0.25, 0.3) is 0 Å². The maximum atomic E-state index is 11.1. The minimum absolute atomic E-state index is 0.174. The van der Waals surface area contributed by atoms with E-state index >= 15 is 0 Å². The fraction of sp³-hybridized carbons (Fsp3) is 0.286. The van der Waals surface area contributed by atoms with Crippen LogP contribution in [0, 0.1) is 3.57 Å². The molecule has 1 rings (SSSR count). The number of carbonyl (C=O) groups is 2. The van der Waals surface area contributed by atoms with Crippen molar-refractivity contribution in [3.8, 4) is 11.5 Å². The molecule has 0 radical (unpaired) electrons. The second-order valence-electron chi connectivity index (χ2n) is 3.58. The van der Waals surface area contributed by atoms with Gasteiger partial charge in [-0.2, -0.15) is 0 Å². The van der Waals surface area contributed by atoms with Crippen LogP contribution < -0.4 is 9.47 Å². The molecule has 5 nitrogen and oxygen atoms in total. The molecule has 0 aliphatic rings. The molecule has 0 aromatic heterocycles. The molecule has 1 aromatic rings. The van der Waals surface area contributed by atoms with Gasteiger partial charge in [0.15, 0.2) is 17.8 Å². The van der Waals surface area contributed by atoms with Crippen LogP contribution in [0.5, 0.6) is 11.5 Å². The standard InChI is InChI=1S/C14H15IO5/c1-3-19-12(17)5-4-8-20-14-11(18-2)7-6-10(9-16)13(14)15/h4-7,9H,3,8H2,1-2H3/b5-4+. The summed E-state index contributed by atoms with van der Waals surface area (Å²) < 4.78 is 16.1. The van der Waals surface area contributed by atoms with Gasteiger partial charge in [-0.3, -0.25) is 4.79 Å². The quantitative estimate of drug-likeness (QED) is 0.310. The molecule has 0 amide bonds. The number of benzene rings is 1. The van der Waals surface area contributed by atoms with Gasteiger partial charge in [0.2, 0.25) is 0 Å². The van der Waals surface area contributed by atoms with Crippen molar-refractivity contribution in [3.05, 3.63) is 33.4 Å². The number of rotatable bonds is 7. The van der Waals surface area contributed by atoms with Crippen molar-refractivity contribution in [1.82, 2.24) is 0 Å². The van der Waals surface area contributed by atoms with Crippen LogP contribution in [0.15, 0.2) is 24.3 Å². The highest BCUT2D eigenvalue weighted by molar-refractivity contribution is 14.1. The van der Waals surface area contributed by atoms with Crippen LogP contribution in [0.2, 0.25) is 0 Å². The number of ether oxygens (including phenoxy) is 3. The van der Waals surface area contributed by atoms with Gasteiger partial charge in [0.1, 0.15) is 6.61 Å². The van der Waals surface area contributed by atoms with E-state index in [1.54, 1.807) is 25.1 Å². The van der Waals surface area contributed by atoms with E-state index in [0.29, 0.717) is 27.2 Å². The van der Waals surface area contributed by atoms with Crippen molar-refractivity contribution < 1.29 is 23.8 Å². The predicted molar refractivity (Wildman–Crippen MR) is 82.4 cm³/mol. The van der Waals surface area contributed by atoms with Crippen molar-refractivity contribution in [1.29, 1.82) is 0 Å². The Balaban J connectivity index is 2.76. The second kappa shape index (κ2) is 8.57. The zero-order valence-corrected chi connectivity index (χ0v) is 13.4. The SMILES string of the molecule is CCOC(=O)/C=C/COc1c(OC)ccc(C=O)c1I. The molecule has 0 saturated heterocycles. The third-order valence-corrected chi connectivity index (χ3v) is 3.41. The van der Waals surface area contributed by atoms with Gasteiger partial charge in [-0.25, -0.2) is 4.79 Å². The van der Waals surface area contributed by atoms with Crippen LogP contribution in [0.4, 0.5) is 0 Å². The Hall–Kier alpha value is -1.57. The average Bonchev–Trinajstić information content (AvgIpc) is 2.45. The molecule has 0 aliphatic carbocycles. The highest BCUT2D eigenvalue weighted by atomic mass is 127. The number of hydrogen-bond acceptors (Lipinski definition) is 5. The zero-order chi connectivity index (χ0) is 15.0.